The maximum Gasteiger partial charge on any atom is 0.251 e. The van der Waals surface area contributed by atoms with E-state index in [9.17, 15) is 9.59 Å². The summed E-state index contributed by atoms with van der Waals surface area (Å²) in [6.45, 7) is -0.0260. The van der Waals surface area contributed by atoms with Gasteiger partial charge in [-0.15, -0.1) is 0 Å². The van der Waals surface area contributed by atoms with Crippen LogP contribution in [0.25, 0.3) is 0 Å². The summed E-state index contributed by atoms with van der Waals surface area (Å²) in [4.78, 5) is 25.1. The summed E-state index contributed by atoms with van der Waals surface area (Å²) in [7, 11) is 1.61. The van der Waals surface area contributed by atoms with Crippen LogP contribution < -0.4 is 24.8 Å². The smallest absolute Gasteiger partial charge is 0.251 e. The minimum Gasteiger partial charge on any atom is -0.497 e. The van der Waals surface area contributed by atoms with Crippen LogP contribution in [0.2, 0.25) is 0 Å². The van der Waals surface area contributed by atoms with Crippen LogP contribution in [0.4, 0.5) is 0 Å². The maximum atomic E-state index is 12.7. The van der Waals surface area contributed by atoms with Crippen molar-refractivity contribution in [2.45, 2.75) is 6.04 Å². The largest absolute Gasteiger partial charge is 0.497 e. The first-order valence-corrected chi connectivity index (χ1v) is 9.80. The van der Waals surface area contributed by atoms with Crippen LogP contribution in [0, 0.1) is 0 Å². The zero-order chi connectivity index (χ0) is 21.6. The molecule has 158 valence electrons. The summed E-state index contributed by atoms with van der Waals surface area (Å²) in [5.74, 6) is 1.17. The lowest BCUT2D eigenvalue weighted by Crippen LogP contribution is -2.39. The van der Waals surface area contributed by atoms with Gasteiger partial charge >= 0.3 is 0 Å². The number of benzene rings is 3. The van der Waals surface area contributed by atoms with E-state index in [0.29, 0.717) is 17.1 Å². The summed E-state index contributed by atoms with van der Waals surface area (Å²) in [5, 5.41) is 5.65. The van der Waals surface area contributed by atoms with Crippen molar-refractivity contribution in [3.63, 3.8) is 0 Å². The highest BCUT2D eigenvalue weighted by atomic mass is 16.7. The topological polar surface area (TPSA) is 85.9 Å². The lowest BCUT2D eigenvalue weighted by molar-refractivity contribution is -0.120. The molecule has 31 heavy (non-hydrogen) atoms. The van der Waals surface area contributed by atoms with Crippen molar-refractivity contribution in [3.8, 4) is 17.2 Å². The summed E-state index contributed by atoms with van der Waals surface area (Å²) in [6.07, 6.45) is 0. The molecule has 7 nitrogen and oxygen atoms in total. The van der Waals surface area contributed by atoms with Crippen molar-refractivity contribution < 1.29 is 23.8 Å². The van der Waals surface area contributed by atoms with Gasteiger partial charge in [-0.05, 0) is 41.5 Å². The molecule has 1 aliphatic heterocycles. The Morgan fingerprint density at radius 3 is 2.39 bits per heavy atom. The van der Waals surface area contributed by atoms with E-state index < -0.39 is 0 Å². The number of carbonyl (C=O) groups excluding carboxylic acids is 2. The van der Waals surface area contributed by atoms with Gasteiger partial charge in [-0.1, -0.05) is 42.5 Å². The Labute approximate surface area is 179 Å². The summed E-state index contributed by atoms with van der Waals surface area (Å²) in [5.41, 5.74) is 2.23. The molecule has 0 bridgehead atoms. The normalized spacial score (nSPS) is 12.7. The molecule has 2 amide bonds. The number of hydrogen-bond donors (Lipinski definition) is 2. The number of hydrogen-bond acceptors (Lipinski definition) is 5. The number of fused-ring (bicyclic) bond motifs is 1. The third kappa shape index (κ3) is 4.78. The first-order chi connectivity index (χ1) is 15.1. The van der Waals surface area contributed by atoms with Crippen LogP contribution in [-0.2, 0) is 4.79 Å². The van der Waals surface area contributed by atoms with Crippen molar-refractivity contribution in [2.75, 3.05) is 20.4 Å². The fraction of sp³-hybridized carbons (Fsp3) is 0.167. The second-order valence-corrected chi connectivity index (χ2v) is 6.94. The van der Waals surface area contributed by atoms with Gasteiger partial charge in [0.1, 0.15) is 5.75 Å². The molecule has 0 fully saturated rings. The third-order valence-electron chi connectivity index (χ3n) is 4.93. The summed E-state index contributed by atoms with van der Waals surface area (Å²) < 4.78 is 15.8. The third-order valence-corrected chi connectivity index (χ3v) is 4.93. The van der Waals surface area contributed by atoms with Crippen molar-refractivity contribution in [2.24, 2.45) is 0 Å². The van der Waals surface area contributed by atoms with Crippen molar-refractivity contribution in [1.29, 1.82) is 0 Å². The van der Waals surface area contributed by atoms with Gasteiger partial charge in [-0.25, -0.2) is 0 Å². The molecule has 1 atom stereocenters. The van der Waals surface area contributed by atoms with Crippen molar-refractivity contribution in [3.05, 3.63) is 89.5 Å². The van der Waals surface area contributed by atoms with Gasteiger partial charge in [0.2, 0.25) is 12.7 Å². The summed E-state index contributed by atoms with van der Waals surface area (Å²) in [6, 6.07) is 21.7. The monoisotopic (exact) mass is 418 g/mol. The molecule has 3 aromatic rings. The second kappa shape index (κ2) is 9.21. The molecule has 0 aromatic heterocycles. The minimum absolute atomic E-state index is 0.134. The number of methoxy groups -OCH3 is 1. The van der Waals surface area contributed by atoms with Gasteiger partial charge in [0.25, 0.3) is 5.91 Å². The quantitative estimate of drug-likeness (QED) is 0.616. The Bertz CT molecular complexity index is 1070. The van der Waals surface area contributed by atoms with Gasteiger partial charge in [0.05, 0.1) is 19.7 Å². The van der Waals surface area contributed by atoms with E-state index in [4.69, 9.17) is 14.2 Å². The number of amides is 2. The molecule has 0 spiro atoms. The molecule has 0 saturated heterocycles. The number of nitrogens with one attached hydrogen (secondary N) is 2. The van der Waals surface area contributed by atoms with Crippen LogP contribution in [0.15, 0.2) is 72.8 Å². The second-order valence-electron chi connectivity index (χ2n) is 6.94. The van der Waals surface area contributed by atoms with Gasteiger partial charge in [-0.2, -0.15) is 0 Å². The van der Waals surface area contributed by atoms with E-state index in [1.54, 1.807) is 25.3 Å². The highest BCUT2D eigenvalue weighted by Gasteiger charge is 2.19. The molecule has 0 radical (unpaired) electrons. The van der Waals surface area contributed by atoms with Crippen molar-refractivity contribution in [1.82, 2.24) is 10.6 Å². The predicted molar refractivity (Wildman–Crippen MR) is 114 cm³/mol. The van der Waals surface area contributed by atoms with Gasteiger partial charge < -0.3 is 24.8 Å². The molecule has 3 aromatic carbocycles. The first kappa shape index (κ1) is 20.3. The Hall–Kier alpha value is -4.00. The zero-order valence-electron chi connectivity index (χ0n) is 17.0. The molecule has 4 rings (SSSR count). The Morgan fingerprint density at radius 2 is 1.65 bits per heavy atom. The molecule has 7 heteroatoms. The highest BCUT2D eigenvalue weighted by molar-refractivity contribution is 5.97. The standard InChI is InChI=1S/C24H22N2O5/c1-29-19-10-7-17(8-11-19)23(16-5-3-2-4-6-16)26-22(27)14-25-24(28)18-9-12-20-21(13-18)31-15-30-20/h2-13,23H,14-15H2,1H3,(H,25,28)(H,26,27). The highest BCUT2D eigenvalue weighted by Crippen LogP contribution is 2.32. The fourth-order valence-electron chi connectivity index (χ4n) is 3.31. The summed E-state index contributed by atoms with van der Waals surface area (Å²) >= 11 is 0. The Balaban J connectivity index is 1.43. The average Bonchev–Trinajstić information content (AvgIpc) is 3.29. The number of carbonyl (C=O) groups is 2. The maximum absolute atomic E-state index is 12.7. The Morgan fingerprint density at radius 1 is 0.935 bits per heavy atom. The number of ether oxygens (including phenoxy) is 3. The van der Waals surface area contributed by atoms with Gasteiger partial charge in [0.15, 0.2) is 11.5 Å². The van der Waals surface area contributed by atoms with Crippen molar-refractivity contribution >= 4 is 11.8 Å². The molecule has 1 aliphatic rings. The average molecular weight is 418 g/mol. The van der Waals surface area contributed by atoms with Crippen LogP contribution in [0.3, 0.4) is 0 Å². The number of rotatable bonds is 7. The van der Waals surface area contributed by atoms with Crippen LogP contribution >= 0.6 is 0 Å². The molecule has 0 aliphatic carbocycles. The van der Waals surface area contributed by atoms with Crippen LogP contribution in [0.5, 0.6) is 17.2 Å². The minimum atomic E-state index is -0.367. The van der Waals surface area contributed by atoms with E-state index in [1.807, 2.05) is 54.6 Å². The van der Waals surface area contributed by atoms with Crippen LogP contribution in [-0.4, -0.2) is 32.3 Å². The van der Waals surface area contributed by atoms with E-state index in [0.717, 1.165) is 16.9 Å². The van der Waals surface area contributed by atoms with Gasteiger partial charge in [0, 0.05) is 5.56 Å². The van der Waals surface area contributed by atoms with Crippen LogP contribution in [0.1, 0.15) is 27.5 Å². The fourth-order valence-corrected chi connectivity index (χ4v) is 3.31. The Kier molecular flexibility index (Phi) is 6.03. The lowest BCUT2D eigenvalue weighted by Gasteiger charge is -2.20. The van der Waals surface area contributed by atoms with E-state index in [2.05, 4.69) is 10.6 Å². The van der Waals surface area contributed by atoms with E-state index in [-0.39, 0.29) is 31.2 Å². The zero-order valence-corrected chi connectivity index (χ0v) is 17.0. The molecule has 0 saturated carbocycles. The predicted octanol–water partition coefficient (Wildman–Crippen LogP) is 3.06. The molecule has 1 heterocycles. The SMILES string of the molecule is COc1ccc(C(NC(=O)CNC(=O)c2ccc3c(c2)OCO3)c2ccccc2)cc1. The molecule has 2 N–H and O–H groups in total. The lowest BCUT2D eigenvalue weighted by atomic mass is 9.98. The van der Waals surface area contributed by atoms with E-state index in [1.165, 1.54) is 0 Å². The molecular weight excluding hydrogens is 396 g/mol. The first-order valence-electron chi connectivity index (χ1n) is 9.80. The molecule has 1 unspecified atom stereocenters. The molecular formula is C24H22N2O5. The van der Waals surface area contributed by atoms with E-state index >= 15 is 0 Å². The van der Waals surface area contributed by atoms with Gasteiger partial charge in [-0.3, -0.25) is 9.59 Å².